The summed E-state index contributed by atoms with van der Waals surface area (Å²) in [6, 6.07) is 8.92. The zero-order valence-corrected chi connectivity index (χ0v) is 14.6. The Kier molecular flexibility index (Phi) is 5.11. The zero-order chi connectivity index (χ0) is 17.8. The maximum atomic E-state index is 10.9. The fourth-order valence-electron chi connectivity index (χ4n) is 3.17. The second-order valence-corrected chi connectivity index (χ2v) is 6.41. The number of anilines is 3. The molecule has 1 N–H and O–H groups in total. The first kappa shape index (κ1) is 17.1. The maximum absolute atomic E-state index is 10.9. The van der Waals surface area contributed by atoms with Gasteiger partial charge in [-0.1, -0.05) is 19.4 Å². The predicted molar refractivity (Wildman–Crippen MR) is 98.4 cm³/mol. The minimum atomic E-state index is -0.406. The Morgan fingerprint density at radius 1 is 1.36 bits per heavy atom. The number of non-ortho nitro benzene ring substituents is 1. The summed E-state index contributed by atoms with van der Waals surface area (Å²) in [5.74, 6) is 1.41. The molecular weight excluding hydrogens is 318 g/mol. The zero-order valence-electron chi connectivity index (χ0n) is 14.6. The first-order valence-electron chi connectivity index (χ1n) is 8.73. The van der Waals surface area contributed by atoms with Crippen LogP contribution in [-0.2, 0) is 6.42 Å². The van der Waals surface area contributed by atoms with Gasteiger partial charge in [-0.05, 0) is 32.3 Å². The highest BCUT2D eigenvalue weighted by atomic mass is 16.6. The molecular formula is C18H23N5O2. The van der Waals surface area contributed by atoms with Gasteiger partial charge in [-0.2, -0.15) is 4.98 Å². The molecule has 7 heteroatoms. The van der Waals surface area contributed by atoms with Crippen LogP contribution in [0.25, 0.3) is 0 Å². The molecule has 0 amide bonds. The first-order chi connectivity index (χ1) is 12.1. The van der Waals surface area contributed by atoms with Crippen molar-refractivity contribution < 1.29 is 4.92 Å². The standard InChI is InChI=1S/C18H23N5O2/c1-3-6-14-12-17(22-10-5-7-13(22)2)21-18(19-14)20-15-8-4-9-16(11-15)23(24)25/h4,8-9,11-13H,3,5-7,10H2,1-2H3,(H,19,20,21). The first-order valence-corrected chi connectivity index (χ1v) is 8.73. The molecule has 1 aliphatic heterocycles. The topological polar surface area (TPSA) is 84.2 Å². The van der Waals surface area contributed by atoms with Crippen LogP contribution in [0.4, 0.5) is 23.1 Å². The summed E-state index contributed by atoms with van der Waals surface area (Å²) in [6.45, 7) is 5.33. The highest BCUT2D eigenvalue weighted by Crippen LogP contribution is 2.27. The minimum Gasteiger partial charge on any atom is -0.354 e. The van der Waals surface area contributed by atoms with Gasteiger partial charge in [0.25, 0.3) is 5.69 Å². The highest BCUT2D eigenvalue weighted by Gasteiger charge is 2.22. The molecule has 2 heterocycles. The van der Waals surface area contributed by atoms with Crippen LogP contribution >= 0.6 is 0 Å². The van der Waals surface area contributed by atoms with Crippen LogP contribution in [0.2, 0.25) is 0 Å². The van der Waals surface area contributed by atoms with Crippen molar-refractivity contribution in [2.75, 3.05) is 16.8 Å². The van der Waals surface area contributed by atoms with E-state index in [1.54, 1.807) is 12.1 Å². The van der Waals surface area contributed by atoms with E-state index in [0.717, 1.165) is 30.9 Å². The number of hydrogen-bond acceptors (Lipinski definition) is 6. The van der Waals surface area contributed by atoms with Crippen molar-refractivity contribution in [3.8, 4) is 0 Å². The molecule has 2 aromatic rings. The number of nitrogens with one attached hydrogen (secondary N) is 1. The number of nitro benzene ring substituents is 1. The summed E-state index contributed by atoms with van der Waals surface area (Å²) >= 11 is 0. The largest absolute Gasteiger partial charge is 0.354 e. The van der Waals surface area contributed by atoms with Crippen molar-refractivity contribution in [3.63, 3.8) is 0 Å². The third kappa shape index (κ3) is 4.04. The van der Waals surface area contributed by atoms with E-state index in [1.807, 2.05) is 0 Å². The Balaban J connectivity index is 1.90. The van der Waals surface area contributed by atoms with Crippen molar-refractivity contribution in [3.05, 3.63) is 46.1 Å². The van der Waals surface area contributed by atoms with Gasteiger partial charge in [0.2, 0.25) is 5.95 Å². The van der Waals surface area contributed by atoms with Crippen LogP contribution in [0.1, 0.15) is 38.8 Å². The number of aromatic nitrogens is 2. The Bertz CT molecular complexity index is 765. The molecule has 1 fully saturated rings. The van der Waals surface area contributed by atoms with Crippen molar-refractivity contribution in [1.82, 2.24) is 9.97 Å². The molecule has 1 aliphatic rings. The van der Waals surface area contributed by atoms with Gasteiger partial charge in [-0.25, -0.2) is 4.98 Å². The second kappa shape index (κ2) is 7.46. The third-order valence-electron chi connectivity index (χ3n) is 4.43. The smallest absolute Gasteiger partial charge is 0.271 e. The number of benzene rings is 1. The Morgan fingerprint density at radius 3 is 2.88 bits per heavy atom. The summed E-state index contributed by atoms with van der Waals surface area (Å²) in [6.07, 6.45) is 4.21. The van der Waals surface area contributed by atoms with Gasteiger partial charge in [0.15, 0.2) is 0 Å². The Labute approximate surface area is 147 Å². The van der Waals surface area contributed by atoms with Gasteiger partial charge in [-0.15, -0.1) is 0 Å². The van der Waals surface area contributed by atoms with Crippen molar-refractivity contribution in [1.29, 1.82) is 0 Å². The molecule has 3 rings (SSSR count). The third-order valence-corrected chi connectivity index (χ3v) is 4.43. The van der Waals surface area contributed by atoms with E-state index in [1.165, 1.54) is 25.0 Å². The van der Waals surface area contributed by atoms with E-state index in [0.29, 0.717) is 17.7 Å². The minimum absolute atomic E-state index is 0.0445. The van der Waals surface area contributed by atoms with Crippen LogP contribution < -0.4 is 10.2 Å². The lowest BCUT2D eigenvalue weighted by Gasteiger charge is -2.23. The summed E-state index contributed by atoms with van der Waals surface area (Å²) in [5.41, 5.74) is 1.64. The quantitative estimate of drug-likeness (QED) is 0.630. The highest BCUT2D eigenvalue weighted by molar-refractivity contribution is 5.59. The molecule has 1 aromatic carbocycles. The fourth-order valence-corrected chi connectivity index (χ4v) is 3.17. The van der Waals surface area contributed by atoms with E-state index in [2.05, 4.69) is 40.1 Å². The summed E-state index contributed by atoms with van der Waals surface area (Å²) in [5, 5.41) is 14.1. The summed E-state index contributed by atoms with van der Waals surface area (Å²) in [7, 11) is 0. The Morgan fingerprint density at radius 2 is 2.20 bits per heavy atom. The molecule has 0 radical (unpaired) electrons. The van der Waals surface area contributed by atoms with E-state index >= 15 is 0 Å². The van der Waals surface area contributed by atoms with Gasteiger partial charge < -0.3 is 10.2 Å². The lowest BCUT2D eigenvalue weighted by molar-refractivity contribution is -0.384. The van der Waals surface area contributed by atoms with Gasteiger partial charge in [-0.3, -0.25) is 10.1 Å². The average Bonchev–Trinajstić information content (AvgIpc) is 3.01. The van der Waals surface area contributed by atoms with E-state index in [4.69, 9.17) is 0 Å². The molecule has 1 unspecified atom stereocenters. The number of rotatable bonds is 6. The average molecular weight is 341 g/mol. The molecule has 25 heavy (non-hydrogen) atoms. The van der Waals surface area contributed by atoms with Crippen molar-refractivity contribution in [2.45, 2.75) is 45.6 Å². The monoisotopic (exact) mass is 341 g/mol. The van der Waals surface area contributed by atoms with Crippen molar-refractivity contribution >= 4 is 23.1 Å². The van der Waals surface area contributed by atoms with Crippen LogP contribution in [-0.4, -0.2) is 27.5 Å². The summed E-state index contributed by atoms with van der Waals surface area (Å²) in [4.78, 5) is 22.1. The molecule has 0 bridgehead atoms. The van der Waals surface area contributed by atoms with E-state index in [9.17, 15) is 10.1 Å². The Hall–Kier alpha value is -2.70. The van der Waals surface area contributed by atoms with Crippen LogP contribution in [0.3, 0.4) is 0 Å². The molecule has 0 saturated carbocycles. The second-order valence-electron chi connectivity index (χ2n) is 6.41. The van der Waals surface area contributed by atoms with E-state index in [-0.39, 0.29) is 5.69 Å². The number of aryl methyl sites for hydroxylation is 1. The molecule has 1 aromatic heterocycles. The van der Waals surface area contributed by atoms with Crippen LogP contribution in [0.5, 0.6) is 0 Å². The van der Waals surface area contributed by atoms with Crippen molar-refractivity contribution in [2.24, 2.45) is 0 Å². The molecule has 0 spiro atoms. The lowest BCUT2D eigenvalue weighted by atomic mass is 10.2. The SMILES string of the molecule is CCCc1cc(N2CCCC2C)nc(Nc2cccc([N+](=O)[O-])c2)n1. The van der Waals surface area contributed by atoms with Crippen LogP contribution in [0.15, 0.2) is 30.3 Å². The summed E-state index contributed by atoms with van der Waals surface area (Å²) < 4.78 is 0. The predicted octanol–water partition coefficient (Wildman–Crippen LogP) is 4.07. The van der Waals surface area contributed by atoms with Gasteiger partial charge in [0, 0.05) is 42.2 Å². The number of nitro groups is 1. The van der Waals surface area contributed by atoms with Crippen LogP contribution in [0, 0.1) is 10.1 Å². The molecule has 1 atom stereocenters. The van der Waals surface area contributed by atoms with Gasteiger partial charge in [0.1, 0.15) is 5.82 Å². The number of nitrogens with zero attached hydrogens (tertiary/aromatic N) is 4. The maximum Gasteiger partial charge on any atom is 0.271 e. The molecule has 0 aliphatic carbocycles. The fraction of sp³-hybridized carbons (Fsp3) is 0.444. The van der Waals surface area contributed by atoms with Gasteiger partial charge >= 0.3 is 0 Å². The lowest BCUT2D eigenvalue weighted by Crippen LogP contribution is -2.27. The molecule has 132 valence electrons. The molecule has 7 nitrogen and oxygen atoms in total. The molecule has 1 saturated heterocycles. The normalized spacial score (nSPS) is 16.9. The number of hydrogen-bond donors (Lipinski definition) is 1. The van der Waals surface area contributed by atoms with Gasteiger partial charge in [0.05, 0.1) is 4.92 Å². The van der Waals surface area contributed by atoms with E-state index < -0.39 is 4.92 Å².